The molecule has 0 radical (unpaired) electrons. The van der Waals surface area contributed by atoms with Crippen LogP contribution in [0.1, 0.15) is 11.1 Å². The zero-order chi connectivity index (χ0) is 21.3. The monoisotopic (exact) mass is 431 g/mol. The van der Waals surface area contributed by atoms with Crippen molar-refractivity contribution in [3.8, 4) is 17.2 Å². The fraction of sp³-hybridized carbons (Fsp3) is 0.238. The van der Waals surface area contributed by atoms with Crippen molar-refractivity contribution in [1.29, 1.82) is 0 Å². The van der Waals surface area contributed by atoms with Crippen molar-refractivity contribution in [2.24, 2.45) is 0 Å². The van der Waals surface area contributed by atoms with Crippen molar-refractivity contribution in [2.45, 2.75) is 13.5 Å². The van der Waals surface area contributed by atoms with Crippen LogP contribution in [0.25, 0.3) is 0 Å². The van der Waals surface area contributed by atoms with Crippen molar-refractivity contribution >= 4 is 23.2 Å². The molecule has 4 rings (SSSR count). The number of ether oxygens (including phenoxy) is 3. The molecule has 0 atom stereocenters. The third-order valence-electron chi connectivity index (χ3n) is 4.59. The van der Waals surface area contributed by atoms with Gasteiger partial charge in [0.25, 0.3) is 0 Å². The molecule has 2 heterocycles. The van der Waals surface area contributed by atoms with E-state index in [1.54, 1.807) is 16.7 Å². The lowest BCUT2D eigenvalue weighted by Crippen LogP contribution is -2.19. The van der Waals surface area contributed by atoms with E-state index >= 15 is 0 Å². The lowest BCUT2D eigenvalue weighted by atomic mass is 10.1. The van der Waals surface area contributed by atoms with Gasteiger partial charge >= 0.3 is 5.56 Å². The maximum Gasteiger partial charge on any atom is 0.316 e. The van der Waals surface area contributed by atoms with Crippen molar-refractivity contribution in [3.05, 3.63) is 68.8 Å². The third kappa shape index (κ3) is 4.18. The molecule has 0 saturated heterocycles. The lowest BCUT2D eigenvalue weighted by Gasteiger charge is -2.21. The number of halogens is 2. The smallest absolute Gasteiger partial charge is 0.316 e. The maximum atomic E-state index is 13.8. The van der Waals surface area contributed by atoms with Crippen LogP contribution in [0.5, 0.6) is 17.2 Å². The minimum atomic E-state index is -0.524. The van der Waals surface area contributed by atoms with Crippen LogP contribution in [0.3, 0.4) is 0 Å². The van der Waals surface area contributed by atoms with Crippen LogP contribution in [0.4, 0.5) is 16.0 Å². The molecule has 1 aliphatic heterocycles. The number of rotatable bonds is 5. The molecular formula is C21H19ClFN3O4. The molecule has 0 spiro atoms. The minimum Gasteiger partial charge on any atom is -0.490 e. The highest BCUT2D eigenvalue weighted by Crippen LogP contribution is 2.36. The largest absolute Gasteiger partial charge is 0.490 e. The Kier molecular flexibility index (Phi) is 5.50. The Morgan fingerprint density at radius 1 is 1.20 bits per heavy atom. The molecule has 1 aliphatic rings. The van der Waals surface area contributed by atoms with E-state index in [2.05, 4.69) is 10.3 Å². The molecule has 2 aromatic carbocycles. The maximum absolute atomic E-state index is 13.8. The van der Waals surface area contributed by atoms with E-state index in [0.717, 1.165) is 5.56 Å². The molecule has 0 bridgehead atoms. The second-order valence-corrected chi connectivity index (χ2v) is 7.22. The molecule has 0 fully saturated rings. The van der Waals surface area contributed by atoms with Gasteiger partial charge in [0, 0.05) is 16.8 Å². The zero-order valence-corrected chi connectivity index (χ0v) is 17.1. The van der Waals surface area contributed by atoms with E-state index in [0.29, 0.717) is 36.0 Å². The Bertz CT molecular complexity index is 1150. The molecule has 1 aromatic heterocycles. The van der Waals surface area contributed by atoms with Gasteiger partial charge in [-0.25, -0.2) is 4.39 Å². The standard InChI is InChI=1S/C21H19ClFN3O4/c1-12-5-17-18(30-4-3-29-17)9-16(12)24-21-25-20(27)19(28-2)11-26(21)10-13-6-14(22)8-15(23)7-13/h5-9,11H,3-4,10H2,1-2H3,(H,24,25,27). The fourth-order valence-corrected chi connectivity index (χ4v) is 3.42. The van der Waals surface area contributed by atoms with Crippen LogP contribution in [-0.4, -0.2) is 29.9 Å². The summed E-state index contributed by atoms with van der Waals surface area (Å²) in [5.41, 5.74) is 1.66. The van der Waals surface area contributed by atoms with E-state index in [1.165, 1.54) is 25.4 Å². The minimum absolute atomic E-state index is 0.0712. The first-order valence-corrected chi connectivity index (χ1v) is 9.58. The van der Waals surface area contributed by atoms with Crippen molar-refractivity contribution in [1.82, 2.24) is 9.55 Å². The molecular weight excluding hydrogens is 413 g/mol. The Morgan fingerprint density at radius 3 is 2.63 bits per heavy atom. The first-order valence-electron chi connectivity index (χ1n) is 9.20. The summed E-state index contributed by atoms with van der Waals surface area (Å²) in [5.74, 6) is 1.16. The Balaban J connectivity index is 1.74. The predicted molar refractivity (Wildman–Crippen MR) is 111 cm³/mol. The molecule has 0 aliphatic carbocycles. The summed E-state index contributed by atoms with van der Waals surface area (Å²) in [6.07, 6.45) is 1.52. The zero-order valence-electron chi connectivity index (χ0n) is 16.4. The summed E-state index contributed by atoms with van der Waals surface area (Å²) in [5, 5.41) is 3.45. The van der Waals surface area contributed by atoms with Crippen LogP contribution >= 0.6 is 11.6 Å². The molecule has 156 valence electrons. The van der Waals surface area contributed by atoms with Gasteiger partial charge in [-0.15, -0.1) is 0 Å². The quantitative estimate of drug-likeness (QED) is 0.660. The number of anilines is 2. The summed E-state index contributed by atoms with van der Waals surface area (Å²) in [6, 6.07) is 7.90. The summed E-state index contributed by atoms with van der Waals surface area (Å²) in [7, 11) is 1.39. The molecule has 1 N–H and O–H groups in total. The van der Waals surface area contributed by atoms with E-state index in [1.807, 2.05) is 13.0 Å². The first kappa shape index (κ1) is 20.0. The Hall–Kier alpha value is -3.26. The van der Waals surface area contributed by atoms with Crippen molar-refractivity contribution in [3.63, 3.8) is 0 Å². The fourth-order valence-electron chi connectivity index (χ4n) is 3.18. The number of aromatic nitrogens is 2. The number of nitrogens with zero attached hydrogens (tertiary/aromatic N) is 2. The van der Waals surface area contributed by atoms with Gasteiger partial charge in [-0.05, 0) is 42.3 Å². The van der Waals surface area contributed by atoms with Crippen LogP contribution in [0.2, 0.25) is 5.02 Å². The number of nitrogens with one attached hydrogen (secondary N) is 1. The number of aryl methyl sites for hydroxylation is 1. The van der Waals surface area contributed by atoms with Gasteiger partial charge < -0.3 is 24.1 Å². The second kappa shape index (κ2) is 8.23. The van der Waals surface area contributed by atoms with Gasteiger partial charge in [0.2, 0.25) is 11.7 Å². The van der Waals surface area contributed by atoms with Crippen LogP contribution in [0, 0.1) is 12.7 Å². The van der Waals surface area contributed by atoms with E-state index < -0.39 is 11.4 Å². The van der Waals surface area contributed by atoms with Crippen LogP contribution < -0.4 is 25.1 Å². The van der Waals surface area contributed by atoms with E-state index in [9.17, 15) is 9.18 Å². The number of benzene rings is 2. The lowest BCUT2D eigenvalue weighted by molar-refractivity contribution is 0.171. The highest BCUT2D eigenvalue weighted by atomic mass is 35.5. The Labute approximate surface area is 177 Å². The molecule has 0 amide bonds. The SMILES string of the molecule is COc1cn(Cc2cc(F)cc(Cl)c2)c(Nc2cc3c(cc2C)OCCO3)nc1=O. The topological polar surface area (TPSA) is 74.6 Å². The van der Waals surface area contributed by atoms with Gasteiger partial charge in [-0.1, -0.05) is 11.6 Å². The van der Waals surface area contributed by atoms with Crippen LogP contribution in [0.15, 0.2) is 41.3 Å². The average Bonchev–Trinajstić information content (AvgIpc) is 2.69. The van der Waals surface area contributed by atoms with Gasteiger partial charge in [0.15, 0.2) is 11.5 Å². The van der Waals surface area contributed by atoms with Gasteiger partial charge in [0.1, 0.15) is 19.0 Å². The molecule has 30 heavy (non-hydrogen) atoms. The summed E-state index contributed by atoms with van der Waals surface area (Å²) < 4.78 is 31.8. The highest BCUT2D eigenvalue weighted by Gasteiger charge is 2.16. The van der Waals surface area contributed by atoms with Crippen LogP contribution in [-0.2, 0) is 6.54 Å². The van der Waals surface area contributed by atoms with Gasteiger partial charge in [-0.2, -0.15) is 4.98 Å². The number of hydrogen-bond acceptors (Lipinski definition) is 6. The van der Waals surface area contributed by atoms with E-state index in [-0.39, 0.29) is 23.3 Å². The Morgan fingerprint density at radius 2 is 1.93 bits per heavy atom. The molecule has 0 unspecified atom stereocenters. The van der Waals surface area contributed by atoms with Crippen molar-refractivity contribution < 1.29 is 18.6 Å². The second-order valence-electron chi connectivity index (χ2n) is 6.78. The van der Waals surface area contributed by atoms with Gasteiger partial charge in [0.05, 0.1) is 19.9 Å². The first-order chi connectivity index (χ1) is 14.4. The molecule has 9 heteroatoms. The molecule has 3 aromatic rings. The summed E-state index contributed by atoms with van der Waals surface area (Å²) in [4.78, 5) is 16.4. The van der Waals surface area contributed by atoms with Crippen molar-refractivity contribution in [2.75, 3.05) is 25.6 Å². The predicted octanol–water partition coefficient (Wildman–Crippen LogP) is 3.92. The summed E-state index contributed by atoms with van der Waals surface area (Å²) >= 11 is 5.98. The summed E-state index contributed by atoms with van der Waals surface area (Å²) in [6.45, 7) is 3.07. The average molecular weight is 432 g/mol. The molecule has 7 nitrogen and oxygen atoms in total. The van der Waals surface area contributed by atoms with Gasteiger partial charge in [-0.3, -0.25) is 4.79 Å². The van der Waals surface area contributed by atoms with E-state index in [4.69, 9.17) is 25.8 Å². The third-order valence-corrected chi connectivity index (χ3v) is 4.81. The normalized spacial score (nSPS) is 12.5. The molecule has 0 saturated carbocycles. The number of hydrogen-bond donors (Lipinski definition) is 1. The number of methoxy groups -OCH3 is 1. The number of fused-ring (bicyclic) bond motifs is 1. The highest BCUT2D eigenvalue weighted by molar-refractivity contribution is 6.30.